The van der Waals surface area contributed by atoms with E-state index in [9.17, 15) is 15.0 Å². The number of nitrogens with zero attached hydrogens (tertiary/aromatic N) is 1. The molecule has 30 heavy (non-hydrogen) atoms. The van der Waals surface area contributed by atoms with Gasteiger partial charge in [0.1, 0.15) is 12.1 Å². The summed E-state index contributed by atoms with van der Waals surface area (Å²) in [6, 6.07) is 3.21. The average Bonchev–Trinajstić information content (AvgIpc) is 3.06. The molecule has 0 amide bonds. The summed E-state index contributed by atoms with van der Waals surface area (Å²) >= 11 is 0. The van der Waals surface area contributed by atoms with Crippen LogP contribution in [-0.4, -0.2) is 71.6 Å². The molecule has 1 aromatic rings. The van der Waals surface area contributed by atoms with Crippen molar-refractivity contribution in [2.45, 2.75) is 74.8 Å². The molecule has 2 aliphatic carbocycles. The Balaban J connectivity index is 1.67. The van der Waals surface area contributed by atoms with Gasteiger partial charge in [0.2, 0.25) is 0 Å². The lowest BCUT2D eigenvalue weighted by atomic mass is 9.48. The zero-order chi connectivity index (χ0) is 21.4. The third kappa shape index (κ3) is 2.29. The number of hydrogen-bond donors (Lipinski definition) is 3. The highest BCUT2D eigenvalue weighted by atomic mass is 16.5. The van der Waals surface area contributed by atoms with Crippen molar-refractivity contribution in [2.24, 2.45) is 5.92 Å². The van der Waals surface area contributed by atoms with E-state index in [1.54, 1.807) is 13.2 Å². The Morgan fingerprint density at radius 1 is 1.37 bits per heavy atom. The smallest absolute Gasteiger partial charge is 0.320 e. The Morgan fingerprint density at radius 3 is 2.80 bits per heavy atom. The number of aliphatic carboxylic acids is 1. The van der Waals surface area contributed by atoms with Gasteiger partial charge in [0.05, 0.1) is 11.0 Å². The largest absolute Gasteiger partial charge is 0.504 e. The number of phenolic OH excluding ortho intramolecular Hbond substituents is 1. The second-order valence-electron chi connectivity index (χ2n) is 9.87. The van der Waals surface area contributed by atoms with Crippen LogP contribution in [-0.2, 0) is 21.4 Å². The first kappa shape index (κ1) is 20.1. The van der Waals surface area contributed by atoms with Crippen molar-refractivity contribution in [1.29, 1.82) is 0 Å². The second kappa shape index (κ2) is 6.58. The first-order chi connectivity index (χ1) is 14.3. The maximum Gasteiger partial charge on any atom is 0.320 e. The molecule has 2 heterocycles. The van der Waals surface area contributed by atoms with Gasteiger partial charge in [-0.05, 0) is 56.8 Å². The minimum Gasteiger partial charge on any atom is -0.504 e. The third-order valence-electron chi connectivity index (χ3n) is 8.38. The molecule has 6 atom stereocenters. The van der Waals surface area contributed by atoms with E-state index in [4.69, 9.17) is 9.47 Å². The molecule has 7 nitrogen and oxygen atoms in total. The van der Waals surface area contributed by atoms with Crippen LogP contribution in [0.3, 0.4) is 0 Å². The highest BCUT2D eigenvalue weighted by Gasteiger charge is 2.73. The third-order valence-corrected chi connectivity index (χ3v) is 8.38. The van der Waals surface area contributed by atoms with E-state index in [-0.39, 0.29) is 29.9 Å². The lowest BCUT2D eigenvalue weighted by Crippen LogP contribution is -2.78. The molecule has 1 saturated heterocycles. The molecular weight excluding hydrogens is 384 g/mol. The molecule has 0 radical (unpaired) electrons. The molecule has 0 aromatic heterocycles. The van der Waals surface area contributed by atoms with Gasteiger partial charge in [-0.1, -0.05) is 19.9 Å². The minimum atomic E-state index is -0.838. The number of aromatic hydroxyl groups is 1. The number of hydrogen-bond acceptors (Lipinski definition) is 6. The lowest BCUT2D eigenvalue weighted by molar-refractivity contribution is -0.204. The van der Waals surface area contributed by atoms with E-state index in [0.717, 1.165) is 37.8 Å². The van der Waals surface area contributed by atoms with Crippen LogP contribution in [0.5, 0.6) is 11.5 Å². The number of ether oxygens (including phenoxy) is 2. The van der Waals surface area contributed by atoms with E-state index >= 15 is 0 Å². The van der Waals surface area contributed by atoms with Gasteiger partial charge in [-0.2, -0.15) is 0 Å². The number of benzene rings is 1. The molecule has 2 fully saturated rings. The predicted molar refractivity (Wildman–Crippen MR) is 111 cm³/mol. The van der Waals surface area contributed by atoms with Crippen molar-refractivity contribution in [3.05, 3.63) is 23.3 Å². The summed E-state index contributed by atoms with van der Waals surface area (Å²) in [5, 5.41) is 23.9. The first-order valence-corrected chi connectivity index (χ1v) is 11.0. The molecule has 4 aliphatic rings. The van der Waals surface area contributed by atoms with Crippen LogP contribution in [0.2, 0.25) is 0 Å². The number of nitrogens with one attached hydrogen (secondary N) is 1. The minimum absolute atomic E-state index is 0.0431. The Labute approximate surface area is 177 Å². The number of rotatable bonds is 5. The van der Waals surface area contributed by atoms with Gasteiger partial charge in [0.25, 0.3) is 0 Å². The fourth-order valence-electron chi connectivity index (χ4n) is 7.09. The van der Waals surface area contributed by atoms with Crippen LogP contribution in [0.4, 0.5) is 0 Å². The van der Waals surface area contributed by atoms with Crippen LogP contribution in [0.15, 0.2) is 12.1 Å². The fourth-order valence-corrected chi connectivity index (χ4v) is 7.09. The van der Waals surface area contributed by atoms with Crippen LogP contribution in [0.25, 0.3) is 0 Å². The van der Waals surface area contributed by atoms with E-state index in [1.807, 2.05) is 19.9 Å². The lowest BCUT2D eigenvalue weighted by Gasteiger charge is -2.65. The summed E-state index contributed by atoms with van der Waals surface area (Å²) < 4.78 is 13.0. The van der Waals surface area contributed by atoms with Gasteiger partial charge < -0.3 is 24.6 Å². The summed E-state index contributed by atoms with van der Waals surface area (Å²) in [6.45, 7) is 4.77. The Kier molecular flexibility index (Phi) is 4.41. The number of carbonyl (C=O) groups is 1. The number of likely N-dealkylation sites (tertiary alicyclic amines) is 1. The predicted octanol–water partition coefficient (Wildman–Crippen LogP) is 1.90. The quantitative estimate of drug-likeness (QED) is 0.675. The van der Waals surface area contributed by atoms with E-state index in [1.165, 1.54) is 5.56 Å². The zero-order valence-electron chi connectivity index (χ0n) is 18.1. The van der Waals surface area contributed by atoms with E-state index < -0.39 is 23.0 Å². The van der Waals surface area contributed by atoms with Gasteiger partial charge in [-0.15, -0.1) is 0 Å². The Morgan fingerprint density at radius 2 is 2.13 bits per heavy atom. The standard InChI is InChI=1S/C23H32N2O5/c1-12(2)18(21(27)28)24-14-7-8-23(29-4)16-11-13-5-6-15(26)19-17(13)22(23,20(14)30-19)9-10-25(16)3/h5-6,12,14,16,18,20,24,26H,7-11H2,1-4H3,(H,27,28)/t14-,16-,18+,20+,22+,23-/m1/s1. The SMILES string of the molecule is CO[C@@]12CC[C@@H](N[C@H](C(=O)O)C(C)C)[C@@H]3Oc4c(O)ccc5c4[C@@]31CCN(C)[C@@H]2C5. The van der Waals surface area contributed by atoms with Gasteiger partial charge in [0, 0.05) is 24.8 Å². The summed E-state index contributed by atoms with van der Waals surface area (Å²) in [6.07, 6.45) is 3.05. The molecule has 5 rings (SSSR count). The van der Waals surface area contributed by atoms with Crippen molar-refractivity contribution in [2.75, 3.05) is 20.7 Å². The summed E-state index contributed by atoms with van der Waals surface area (Å²) in [5.74, 6) is -0.141. The van der Waals surface area contributed by atoms with Crippen LogP contribution in [0, 0.1) is 5.92 Å². The summed E-state index contributed by atoms with van der Waals surface area (Å²) in [4.78, 5) is 14.3. The molecular formula is C23H32N2O5. The van der Waals surface area contributed by atoms with Crippen LogP contribution in [0.1, 0.15) is 44.2 Å². The van der Waals surface area contributed by atoms with Crippen molar-refractivity contribution < 1.29 is 24.5 Å². The number of phenols is 1. The highest BCUT2D eigenvalue weighted by molar-refractivity contribution is 5.74. The zero-order valence-corrected chi connectivity index (χ0v) is 18.1. The average molecular weight is 417 g/mol. The number of carboxylic acids is 1. The van der Waals surface area contributed by atoms with Gasteiger partial charge in [-0.25, -0.2) is 0 Å². The second-order valence-corrected chi connectivity index (χ2v) is 9.87. The topological polar surface area (TPSA) is 91.3 Å². The van der Waals surface area contributed by atoms with Crippen molar-refractivity contribution in [3.63, 3.8) is 0 Å². The van der Waals surface area contributed by atoms with Crippen molar-refractivity contribution >= 4 is 5.97 Å². The maximum absolute atomic E-state index is 11.9. The molecule has 1 aromatic carbocycles. The fraction of sp³-hybridized carbons (Fsp3) is 0.696. The highest BCUT2D eigenvalue weighted by Crippen LogP contribution is 2.66. The van der Waals surface area contributed by atoms with Crippen molar-refractivity contribution in [3.8, 4) is 11.5 Å². The molecule has 1 saturated carbocycles. The number of likely N-dealkylation sites (N-methyl/N-ethyl adjacent to an activating group) is 1. The summed E-state index contributed by atoms with van der Waals surface area (Å²) in [7, 11) is 3.97. The van der Waals surface area contributed by atoms with Gasteiger partial charge in [-0.3, -0.25) is 10.1 Å². The molecule has 2 aliphatic heterocycles. The summed E-state index contributed by atoms with van der Waals surface area (Å²) in [5.41, 5.74) is 1.51. The van der Waals surface area contributed by atoms with E-state index in [2.05, 4.69) is 17.3 Å². The first-order valence-electron chi connectivity index (χ1n) is 11.0. The molecule has 2 bridgehead atoms. The molecule has 7 heteroatoms. The molecule has 0 unspecified atom stereocenters. The normalized spacial score (nSPS) is 37.6. The molecule has 164 valence electrons. The van der Waals surface area contributed by atoms with Crippen LogP contribution >= 0.6 is 0 Å². The molecule has 1 spiro atoms. The van der Waals surface area contributed by atoms with Crippen LogP contribution < -0.4 is 10.1 Å². The molecule has 3 N–H and O–H groups in total. The number of carboxylic acid groups (broad SMARTS) is 1. The Bertz CT molecular complexity index is 889. The van der Waals surface area contributed by atoms with Crippen molar-refractivity contribution in [1.82, 2.24) is 10.2 Å². The monoisotopic (exact) mass is 416 g/mol. The van der Waals surface area contributed by atoms with Gasteiger partial charge in [0.15, 0.2) is 11.5 Å². The number of methoxy groups -OCH3 is 1. The van der Waals surface area contributed by atoms with Gasteiger partial charge >= 0.3 is 5.97 Å². The number of piperidine rings is 1. The van der Waals surface area contributed by atoms with E-state index in [0.29, 0.717) is 5.75 Å². The maximum atomic E-state index is 11.9. The Hall–Kier alpha value is -1.83.